The lowest BCUT2D eigenvalue weighted by Crippen LogP contribution is -2.24. The van der Waals surface area contributed by atoms with Crippen LogP contribution in [0.3, 0.4) is 0 Å². The molecule has 5 nitrogen and oxygen atoms in total. The molecule has 3 aromatic rings. The Morgan fingerprint density at radius 2 is 1.96 bits per heavy atom. The highest BCUT2D eigenvalue weighted by Gasteiger charge is 2.12. The average molecular weight is 396 g/mol. The Morgan fingerprint density at radius 3 is 2.68 bits per heavy atom. The van der Waals surface area contributed by atoms with Gasteiger partial charge in [0.2, 0.25) is 10.0 Å². The summed E-state index contributed by atoms with van der Waals surface area (Å²) in [4.78, 5) is 4.67. The molecule has 1 heterocycles. The van der Waals surface area contributed by atoms with E-state index in [1.807, 2.05) is 36.4 Å². The Hall–Kier alpha value is -1.54. The summed E-state index contributed by atoms with van der Waals surface area (Å²) in [6.45, 7) is 1.06. The van der Waals surface area contributed by atoms with Gasteiger partial charge in [-0.2, -0.15) is 0 Å². The van der Waals surface area contributed by atoms with Gasteiger partial charge in [0.05, 0.1) is 23.8 Å². The van der Waals surface area contributed by atoms with E-state index < -0.39 is 10.0 Å². The maximum absolute atomic E-state index is 11.2. The summed E-state index contributed by atoms with van der Waals surface area (Å²) in [7, 11) is -3.18. The van der Waals surface area contributed by atoms with Crippen molar-refractivity contribution in [3.8, 4) is 0 Å². The number of thioether (sulfide) groups is 1. The zero-order valence-corrected chi connectivity index (χ0v) is 16.0. The van der Waals surface area contributed by atoms with Crippen LogP contribution in [0.4, 0.5) is 0 Å². The van der Waals surface area contributed by atoms with E-state index in [2.05, 4.69) is 26.4 Å². The van der Waals surface area contributed by atoms with Crippen LogP contribution in [0.15, 0.2) is 53.7 Å². The Kier molecular flexibility index (Phi) is 5.68. The summed E-state index contributed by atoms with van der Waals surface area (Å²) < 4.78 is 27.0. The number of fused-ring (bicyclic) bond motifs is 1. The highest BCUT2D eigenvalue weighted by molar-refractivity contribution is 7.99. The van der Waals surface area contributed by atoms with E-state index in [4.69, 9.17) is 11.6 Å². The van der Waals surface area contributed by atoms with Crippen LogP contribution in [-0.2, 0) is 16.6 Å². The normalized spacial score (nSPS) is 11.9. The minimum Gasteiger partial charge on any atom is -0.314 e. The van der Waals surface area contributed by atoms with Gasteiger partial charge < -0.3 is 4.57 Å². The first-order valence-electron chi connectivity index (χ1n) is 7.69. The summed E-state index contributed by atoms with van der Waals surface area (Å²) in [5.74, 6) is 0.596. The number of hydrogen-bond donors (Lipinski definition) is 1. The van der Waals surface area contributed by atoms with Gasteiger partial charge in [-0.3, -0.25) is 0 Å². The molecule has 0 unspecified atom stereocenters. The van der Waals surface area contributed by atoms with E-state index in [1.54, 1.807) is 0 Å². The quantitative estimate of drug-likeness (QED) is 0.492. The fourth-order valence-corrected chi connectivity index (χ4v) is 4.12. The summed E-state index contributed by atoms with van der Waals surface area (Å²) in [6.07, 6.45) is 1.16. The number of sulfonamides is 1. The molecule has 3 rings (SSSR count). The van der Waals surface area contributed by atoms with Gasteiger partial charge in [0.1, 0.15) is 0 Å². The highest BCUT2D eigenvalue weighted by Crippen LogP contribution is 2.27. The number of benzene rings is 2. The molecule has 0 aliphatic rings. The zero-order chi connectivity index (χ0) is 17.9. The van der Waals surface area contributed by atoms with Crippen LogP contribution in [0.5, 0.6) is 0 Å². The molecular weight excluding hydrogens is 378 g/mol. The van der Waals surface area contributed by atoms with Crippen molar-refractivity contribution >= 4 is 44.4 Å². The lowest BCUT2D eigenvalue weighted by atomic mass is 10.2. The number of aromatic nitrogens is 2. The third-order valence-corrected chi connectivity index (χ3v) is 5.50. The summed E-state index contributed by atoms with van der Waals surface area (Å²) >= 11 is 7.61. The van der Waals surface area contributed by atoms with Gasteiger partial charge in [0.25, 0.3) is 0 Å². The van der Waals surface area contributed by atoms with Crippen molar-refractivity contribution in [3.05, 3.63) is 59.1 Å². The van der Waals surface area contributed by atoms with Crippen molar-refractivity contribution in [3.63, 3.8) is 0 Å². The fourth-order valence-electron chi connectivity index (χ4n) is 2.48. The predicted octanol–water partition coefficient (Wildman–Crippen LogP) is 3.38. The third kappa shape index (κ3) is 4.98. The standard InChI is InChI=1S/C17H18ClN3O2S2/c1-25(22,23)19-9-10-24-17-20-15-11-14(18)7-8-16(15)21(17)12-13-5-3-2-4-6-13/h2-8,11,19H,9-10,12H2,1H3. The third-order valence-electron chi connectivity index (χ3n) is 3.56. The van der Waals surface area contributed by atoms with Crippen LogP contribution in [0.2, 0.25) is 5.02 Å². The van der Waals surface area contributed by atoms with Crippen LogP contribution in [0, 0.1) is 0 Å². The number of halogens is 1. The number of rotatable bonds is 7. The van der Waals surface area contributed by atoms with Gasteiger partial charge in [-0.05, 0) is 23.8 Å². The molecular formula is C17H18ClN3O2S2. The second kappa shape index (κ2) is 7.78. The summed E-state index contributed by atoms with van der Waals surface area (Å²) in [5.41, 5.74) is 3.02. The Balaban J connectivity index is 1.86. The van der Waals surface area contributed by atoms with Crippen molar-refractivity contribution < 1.29 is 8.42 Å². The first-order valence-corrected chi connectivity index (χ1v) is 10.9. The Labute approximate surface area is 156 Å². The van der Waals surface area contributed by atoms with Crippen molar-refractivity contribution in [1.29, 1.82) is 0 Å². The van der Waals surface area contributed by atoms with Crippen molar-refractivity contribution in [2.45, 2.75) is 11.7 Å². The first kappa shape index (κ1) is 18.3. The molecule has 2 aromatic carbocycles. The van der Waals surface area contributed by atoms with Gasteiger partial charge in [-0.1, -0.05) is 53.7 Å². The molecule has 0 amide bonds. The number of imidazole rings is 1. The van der Waals surface area contributed by atoms with E-state index in [0.717, 1.165) is 22.4 Å². The second-order valence-corrected chi connectivity index (χ2v) is 8.95. The highest BCUT2D eigenvalue weighted by atomic mass is 35.5. The van der Waals surface area contributed by atoms with Crippen molar-refractivity contribution in [2.24, 2.45) is 0 Å². The molecule has 0 aliphatic carbocycles. The molecule has 132 valence electrons. The first-order chi connectivity index (χ1) is 11.9. The summed E-state index contributed by atoms with van der Waals surface area (Å²) in [5, 5.41) is 1.49. The van der Waals surface area contributed by atoms with Crippen molar-refractivity contribution in [2.75, 3.05) is 18.6 Å². The van der Waals surface area contributed by atoms with Crippen LogP contribution in [0.1, 0.15) is 5.56 Å². The topological polar surface area (TPSA) is 64.0 Å². The van der Waals surface area contributed by atoms with Gasteiger partial charge in [-0.25, -0.2) is 18.1 Å². The molecule has 0 saturated heterocycles. The zero-order valence-electron chi connectivity index (χ0n) is 13.6. The van der Waals surface area contributed by atoms with E-state index >= 15 is 0 Å². The lowest BCUT2D eigenvalue weighted by Gasteiger charge is -2.09. The Bertz CT molecular complexity index is 972. The molecule has 8 heteroatoms. The minimum atomic E-state index is -3.18. The molecule has 0 bridgehead atoms. The van der Waals surface area contributed by atoms with Crippen LogP contribution < -0.4 is 4.72 Å². The van der Waals surface area contributed by atoms with Gasteiger partial charge >= 0.3 is 0 Å². The number of nitrogens with zero attached hydrogens (tertiary/aromatic N) is 2. The fraction of sp³-hybridized carbons (Fsp3) is 0.235. The molecule has 1 N–H and O–H groups in total. The molecule has 25 heavy (non-hydrogen) atoms. The van der Waals surface area contributed by atoms with E-state index in [9.17, 15) is 8.42 Å². The number of hydrogen-bond acceptors (Lipinski definition) is 4. The molecule has 0 spiro atoms. The molecule has 1 aromatic heterocycles. The maximum atomic E-state index is 11.2. The van der Waals surface area contributed by atoms with E-state index in [0.29, 0.717) is 23.9 Å². The van der Waals surface area contributed by atoms with Crippen molar-refractivity contribution in [1.82, 2.24) is 14.3 Å². The van der Waals surface area contributed by atoms with E-state index in [-0.39, 0.29) is 0 Å². The van der Waals surface area contributed by atoms with Crippen LogP contribution in [-0.4, -0.2) is 36.5 Å². The molecule has 0 fully saturated rings. The average Bonchev–Trinajstić information content (AvgIpc) is 2.88. The molecule has 0 saturated carbocycles. The maximum Gasteiger partial charge on any atom is 0.208 e. The molecule has 0 radical (unpaired) electrons. The van der Waals surface area contributed by atoms with E-state index in [1.165, 1.54) is 17.3 Å². The number of nitrogens with one attached hydrogen (secondary N) is 1. The molecule has 0 atom stereocenters. The van der Waals surface area contributed by atoms with Gasteiger partial charge in [0, 0.05) is 17.3 Å². The monoisotopic (exact) mass is 395 g/mol. The molecule has 0 aliphatic heterocycles. The second-order valence-electron chi connectivity index (χ2n) is 5.61. The smallest absolute Gasteiger partial charge is 0.208 e. The summed E-state index contributed by atoms with van der Waals surface area (Å²) in [6, 6.07) is 15.8. The van der Waals surface area contributed by atoms with Gasteiger partial charge in [-0.15, -0.1) is 0 Å². The largest absolute Gasteiger partial charge is 0.314 e. The Morgan fingerprint density at radius 1 is 1.20 bits per heavy atom. The predicted molar refractivity (Wildman–Crippen MR) is 104 cm³/mol. The lowest BCUT2D eigenvalue weighted by molar-refractivity contribution is 0.590. The SMILES string of the molecule is CS(=O)(=O)NCCSc1nc2cc(Cl)ccc2n1Cc1ccccc1. The van der Waals surface area contributed by atoms with Crippen LogP contribution >= 0.6 is 23.4 Å². The van der Waals surface area contributed by atoms with Gasteiger partial charge in [0.15, 0.2) is 5.16 Å². The minimum absolute atomic E-state index is 0.360. The van der Waals surface area contributed by atoms with Crippen LogP contribution in [0.25, 0.3) is 11.0 Å².